The predicted octanol–water partition coefficient (Wildman–Crippen LogP) is 4.96. The van der Waals surface area contributed by atoms with E-state index < -0.39 is 0 Å². The number of aromatic nitrogens is 2. The molecular formula is C18H20N4S. The van der Waals surface area contributed by atoms with Gasteiger partial charge in [-0.1, -0.05) is 13.0 Å². The smallest absolute Gasteiger partial charge is 0.149 e. The van der Waals surface area contributed by atoms with Crippen molar-refractivity contribution in [3.05, 3.63) is 53.3 Å². The topological polar surface area (TPSA) is 41.4 Å². The van der Waals surface area contributed by atoms with Crippen LogP contribution in [-0.2, 0) is 0 Å². The Balaban J connectivity index is 1.99. The van der Waals surface area contributed by atoms with Gasteiger partial charge in [0.1, 0.15) is 5.82 Å². The maximum absolute atomic E-state index is 4.64. The molecule has 0 saturated carbocycles. The van der Waals surface area contributed by atoms with Gasteiger partial charge in [0.25, 0.3) is 0 Å². The van der Waals surface area contributed by atoms with Crippen molar-refractivity contribution in [2.75, 3.05) is 5.01 Å². The molecule has 0 bridgehead atoms. The average Bonchev–Trinajstić information content (AvgIpc) is 2.99. The van der Waals surface area contributed by atoms with Gasteiger partial charge in [-0.25, -0.2) is 9.99 Å². The SMILES string of the molecule is CC/C=N\N(c1cccc(C)n1)C(C)c1cc2cnccc2s1. The third-order valence-corrected chi connectivity index (χ3v) is 4.90. The predicted molar refractivity (Wildman–Crippen MR) is 98.3 cm³/mol. The quantitative estimate of drug-likeness (QED) is 0.492. The van der Waals surface area contributed by atoms with E-state index in [1.807, 2.05) is 48.7 Å². The Morgan fingerprint density at radius 1 is 1.35 bits per heavy atom. The zero-order valence-electron chi connectivity index (χ0n) is 13.6. The Labute approximate surface area is 140 Å². The van der Waals surface area contributed by atoms with Crippen LogP contribution in [-0.4, -0.2) is 16.2 Å². The van der Waals surface area contributed by atoms with E-state index in [0.29, 0.717) is 0 Å². The van der Waals surface area contributed by atoms with Crippen LogP contribution in [0.5, 0.6) is 0 Å². The molecule has 1 unspecified atom stereocenters. The Kier molecular flexibility index (Phi) is 4.67. The monoisotopic (exact) mass is 324 g/mol. The maximum atomic E-state index is 4.64. The van der Waals surface area contributed by atoms with Gasteiger partial charge in [0.05, 0.1) is 6.04 Å². The minimum absolute atomic E-state index is 0.115. The molecule has 3 rings (SSSR count). The number of hydrogen-bond acceptors (Lipinski definition) is 5. The lowest BCUT2D eigenvalue weighted by Gasteiger charge is -2.24. The Hall–Kier alpha value is -2.27. The van der Waals surface area contributed by atoms with E-state index in [4.69, 9.17) is 0 Å². The summed E-state index contributed by atoms with van der Waals surface area (Å²) >= 11 is 1.78. The standard InChI is InChI=1S/C18H20N4S/c1-4-9-20-22(18-7-5-6-13(2)21-18)14(3)17-11-15-12-19-10-8-16(15)23-17/h5-12,14H,4H2,1-3H3/b20-9-. The molecule has 0 aliphatic carbocycles. The van der Waals surface area contributed by atoms with Crippen molar-refractivity contribution in [1.82, 2.24) is 9.97 Å². The minimum atomic E-state index is 0.115. The van der Waals surface area contributed by atoms with Gasteiger partial charge in [-0.2, -0.15) is 5.10 Å². The van der Waals surface area contributed by atoms with Crippen LogP contribution < -0.4 is 5.01 Å². The van der Waals surface area contributed by atoms with Gasteiger partial charge in [0.15, 0.2) is 0 Å². The molecule has 3 heterocycles. The molecule has 0 aliphatic rings. The van der Waals surface area contributed by atoms with Crippen LogP contribution in [0.25, 0.3) is 10.1 Å². The number of nitrogens with zero attached hydrogens (tertiary/aromatic N) is 4. The fourth-order valence-electron chi connectivity index (χ4n) is 2.41. The Morgan fingerprint density at radius 2 is 2.22 bits per heavy atom. The van der Waals surface area contributed by atoms with Crippen LogP contribution in [0.1, 0.15) is 36.9 Å². The van der Waals surface area contributed by atoms with Gasteiger partial charge < -0.3 is 0 Å². The second-order valence-electron chi connectivity index (χ2n) is 5.43. The summed E-state index contributed by atoms with van der Waals surface area (Å²) in [4.78, 5) is 10.1. The van der Waals surface area contributed by atoms with Crippen molar-refractivity contribution < 1.29 is 0 Å². The zero-order valence-corrected chi connectivity index (χ0v) is 14.4. The molecule has 0 N–H and O–H groups in total. The van der Waals surface area contributed by atoms with Crippen LogP contribution >= 0.6 is 11.3 Å². The van der Waals surface area contributed by atoms with Crippen LogP contribution in [0.3, 0.4) is 0 Å². The summed E-state index contributed by atoms with van der Waals surface area (Å²) in [7, 11) is 0. The number of pyridine rings is 2. The lowest BCUT2D eigenvalue weighted by atomic mass is 10.2. The van der Waals surface area contributed by atoms with E-state index in [0.717, 1.165) is 17.9 Å². The second kappa shape index (κ2) is 6.87. The van der Waals surface area contributed by atoms with Gasteiger partial charge in [-0.05, 0) is 44.5 Å². The number of aryl methyl sites for hydroxylation is 1. The highest BCUT2D eigenvalue weighted by Crippen LogP contribution is 2.34. The fraction of sp³-hybridized carbons (Fsp3) is 0.278. The summed E-state index contributed by atoms with van der Waals surface area (Å²) in [5.74, 6) is 0.873. The third-order valence-electron chi connectivity index (χ3n) is 3.61. The van der Waals surface area contributed by atoms with Crippen LogP contribution in [0, 0.1) is 6.92 Å². The van der Waals surface area contributed by atoms with Crippen molar-refractivity contribution in [3.63, 3.8) is 0 Å². The molecule has 3 aromatic rings. The molecule has 0 saturated heterocycles. The number of hydrazone groups is 1. The summed E-state index contributed by atoms with van der Waals surface area (Å²) in [6, 6.07) is 10.4. The third kappa shape index (κ3) is 3.40. The minimum Gasteiger partial charge on any atom is -0.264 e. The van der Waals surface area contributed by atoms with Crippen molar-refractivity contribution in [3.8, 4) is 0 Å². The molecule has 118 valence electrons. The number of anilines is 1. The molecule has 0 amide bonds. The Morgan fingerprint density at radius 3 is 2.96 bits per heavy atom. The highest BCUT2D eigenvalue weighted by molar-refractivity contribution is 7.19. The molecule has 3 aromatic heterocycles. The number of rotatable bonds is 5. The van der Waals surface area contributed by atoms with Crippen LogP contribution in [0.4, 0.5) is 5.82 Å². The highest BCUT2D eigenvalue weighted by atomic mass is 32.1. The number of hydrogen-bond donors (Lipinski definition) is 0. The van der Waals surface area contributed by atoms with E-state index in [-0.39, 0.29) is 6.04 Å². The van der Waals surface area contributed by atoms with Gasteiger partial charge >= 0.3 is 0 Å². The zero-order chi connectivity index (χ0) is 16.2. The highest BCUT2D eigenvalue weighted by Gasteiger charge is 2.19. The molecule has 5 heteroatoms. The van der Waals surface area contributed by atoms with Crippen molar-refractivity contribution in [1.29, 1.82) is 0 Å². The molecule has 4 nitrogen and oxygen atoms in total. The summed E-state index contributed by atoms with van der Waals surface area (Å²) in [5, 5.41) is 7.81. The van der Waals surface area contributed by atoms with Crippen molar-refractivity contribution in [2.24, 2.45) is 5.10 Å². The van der Waals surface area contributed by atoms with E-state index >= 15 is 0 Å². The van der Waals surface area contributed by atoms with Crippen molar-refractivity contribution >= 4 is 33.5 Å². The molecule has 0 radical (unpaired) electrons. The first-order valence-corrected chi connectivity index (χ1v) is 8.59. The molecule has 1 atom stereocenters. The van der Waals surface area contributed by atoms with Gasteiger partial charge in [0.2, 0.25) is 0 Å². The first kappa shape index (κ1) is 15.6. The lowest BCUT2D eigenvalue weighted by Crippen LogP contribution is -2.21. The fourth-order valence-corrected chi connectivity index (χ4v) is 3.48. The van der Waals surface area contributed by atoms with Gasteiger partial charge in [-0.15, -0.1) is 11.3 Å². The lowest BCUT2D eigenvalue weighted by molar-refractivity contribution is 0.700. The molecule has 0 aromatic carbocycles. The second-order valence-corrected chi connectivity index (χ2v) is 6.54. The molecule has 23 heavy (non-hydrogen) atoms. The first-order valence-electron chi connectivity index (χ1n) is 7.78. The summed E-state index contributed by atoms with van der Waals surface area (Å²) < 4.78 is 1.25. The molecule has 0 aliphatic heterocycles. The van der Waals surface area contributed by atoms with E-state index in [2.05, 4.69) is 41.0 Å². The number of thiophene rings is 1. The average molecular weight is 324 g/mol. The molecule has 0 spiro atoms. The Bertz CT molecular complexity index is 792. The molecule has 0 fully saturated rings. The largest absolute Gasteiger partial charge is 0.264 e. The van der Waals surface area contributed by atoms with Crippen LogP contribution in [0.2, 0.25) is 0 Å². The van der Waals surface area contributed by atoms with Crippen LogP contribution in [0.15, 0.2) is 47.8 Å². The summed E-state index contributed by atoms with van der Waals surface area (Å²) in [6.07, 6.45) is 6.57. The number of fused-ring (bicyclic) bond motifs is 1. The maximum Gasteiger partial charge on any atom is 0.149 e. The summed E-state index contributed by atoms with van der Waals surface area (Å²) in [5.41, 5.74) is 0.993. The van der Waals surface area contributed by atoms with E-state index in [1.165, 1.54) is 15.0 Å². The molecular weight excluding hydrogens is 304 g/mol. The van der Waals surface area contributed by atoms with E-state index in [1.54, 1.807) is 11.3 Å². The first-order chi connectivity index (χ1) is 11.2. The van der Waals surface area contributed by atoms with E-state index in [9.17, 15) is 0 Å². The normalized spacial score (nSPS) is 12.8. The van der Waals surface area contributed by atoms with Gasteiger partial charge in [-0.3, -0.25) is 4.98 Å². The van der Waals surface area contributed by atoms with Crippen molar-refractivity contribution in [2.45, 2.75) is 33.2 Å². The van der Waals surface area contributed by atoms with Gasteiger partial charge in [0, 0.05) is 39.3 Å². The summed E-state index contributed by atoms with van der Waals surface area (Å²) in [6.45, 7) is 6.25.